The molecule has 0 fully saturated rings. The molecule has 3 rings (SSSR count). The molecule has 0 radical (unpaired) electrons. The van der Waals surface area contributed by atoms with Crippen LogP contribution in [0.2, 0.25) is 0 Å². The van der Waals surface area contributed by atoms with Gasteiger partial charge in [0.25, 0.3) is 0 Å². The summed E-state index contributed by atoms with van der Waals surface area (Å²) in [6.07, 6.45) is 1.64. The van der Waals surface area contributed by atoms with Crippen molar-refractivity contribution in [3.05, 3.63) is 66.1 Å². The summed E-state index contributed by atoms with van der Waals surface area (Å²) in [5.41, 5.74) is 1.02. The highest BCUT2D eigenvalue weighted by atomic mass is 35.5. The lowest BCUT2D eigenvalue weighted by molar-refractivity contribution is 0.419. The van der Waals surface area contributed by atoms with E-state index < -0.39 is 0 Å². The Labute approximate surface area is 116 Å². The number of hydrogen-bond donors (Lipinski definition) is 0. The minimum Gasteiger partial charge on any atom is -0.496 e. The van der Waals surface area contributed by atoms with Crippen molar-refractivity contribution in [3.63, 3.8) is 0 Å². The SMILES string of the molecule is COc1ccc(C(Cl)c2ccco2)c2ccccc12. The molecular weight excluding hydrogens is 260 g/mol. The topological polar surface area (TPSA) is 22.4 Å². The van der Waals surface area contributed by atoms with Crippen LogP contribution in [0.4, 0.5) is 0 Å². The summed E-state index contributed by atoms with van der Waals surface area (Å²) in [7, 11) is 1.67. The zero-order chi connectivity index (χ0) is 13.2. The zero-order valence-electron chi connectivity index (χ0n) is 10.5. The van der Waals surface area contributed by atoms with Gasteiger partial charge in [-0.05, 0) is 29.1 Å². The Kier molecular flexibility index (Phi) is 3.18. The van der Waals surface area contributed by atoms with Gasteiger partial charge in [0.1, 0.15) is 16.9 Å². The fourth-order valence-electron chi connectivity index (χ4n) is 2.28. The number of rotatable bonds is 3. The van der Waals surface area contributed by atoms with E-state index in [0.717, 1.165) is 27.8 Å². The molecule has 3 heteroatoms. The van der Waals surface area contributed by atoms with Crippen LogP contribution in [0.25, 0.3) is 10.8 Å². The van der Waals surface area contributed by atoms with Crippen LogP contribution >= 0.6 is 11.6 Å². The van der Waals surface area contributed by atoms with Gasteiger partial charge >= 0.3 is 0 Å². The maximum Gasteiger partial charge on any atom is 0.126 e. The summed E-state index contributed by atoms with van der Waals surface area (Å²) in [5.74, 6) is 1.60. The summed E-state index contributed by atoms with van der Waals surface area (Å²) in [5, 5.41) is 1.84. The van der Waals surface area contributed by atoms with Gasteiger partial charge in [0.15, 0.2) is 0 Å². The van der Waals surface area contributed by atoms with Gasteiger partial charge < -0.3 is 9.15 Å². The van der Waals surface area contributed by atoms with Crippen LogP contribution in [0, 0.1) is 0 Å². The number of alkyl halides is 1. The van der Waals surface area contributed by atoms with Crippen LogP contribution < -0.4 is 4.74 Å². The predicted molar refractivity (Wildman–Crippen MR) is 76.9 cm³/mol. The highest BCUT2D eigenvalue weighted by Gasteiger charge is 2.17. The maximum atomic E-state index is 6.51. The molecule has 2 nitrogen and oxygen atoms in total. The molecule has 1 aromatic heterocycles. The lowest BCUT2D eigenvalue weighted by atomic mass is 10.00. The molecule has 0 amide bonds. The van der Waals surface area contributed by atoms with Gasteiger partial charge in [0, 0.05) is 5.39 Å². The number of benzene rings is 2. The van der Waals surface area contributed by atoms with E-state index in [9.17, 15) is 0 Å². The molecule has 0 bridgehead atoms. The monoisotopic (exact) mass is 272 g/mol. The molecule has 0 N–H and O–H groups in total. The maximum absolute atomic E-state index is 6.51. The van der Waals surface area contributed by atoms with Crippen molar-refractivity contribution < 1.29 is 9.15 Å². The van der Waals surface area contributed by atoms with Crippen LogP contribution in [0.5, 0.6) is 5.75 Å². The molecule has 0 aliphatic carbocycles. The summed E-state index contributed by atoms with van der Waals surface area (Å²) in [6, 6.07) is 15.7. The number of halogens is 1. The number of furan rings is 1. The third-order valence-electron chi connectivity index (χ3n) is 3.20. The van der Waals surface area contributed by atoms with E-state index in [4.69, 9.17) is 20.8 Å². The van der Waals surface area contributed by atoms with E-state index in [0.29, 0.717) is 0 Å². The molecule has 0 spiro atoms. The second kappa shape index (κ2) is 4.98. The van der Waals surface area contributed by atoms with Crippen molar-refractivity contribution >= 4 is 22.4 Å². The summed E-state index contributed by atoms with van der Waals surface area (Å²) in [4.78, 5) is 0. The Hall–Kier alpha value is -1.93. The first-order valence-corrected chi connectivity index (χ1v) is 6.48. The fourth-order valence-corrected chi connectivity index (χ4v) is 2.60. The van der Waals surface area contributed by atoms with Crippen molar-refractivity contribution in [2.24, 2.45) is 0 Å². The Morgan fingerprint density at radius 2 is 1.79 bits per heavy atom. The van der Waals surface area contributed by atoms with Crippen molar-refractivity contribution in [2.75, 3.05) is 7.11 Å². The van der Waals surface area contributed by atoms with Gasteiger partial charge in [-0.15, -0.1) is 11.6 Å². The number of methoxy groups -OCH3 is 1. The Bertz CT molecular complexity index is 689. The standard InChI is InChI=1S/C16H13ClO2/c1-18-14-9-8-13(11-5-2-3-6-12(11)14)16(17)15-7-4-10-19-15/h2-10,16H,1H3. The minimum absolute atomic E-state index is 0.300. The van der Waals surface area contributed by atoms with E-state index in [1.165, 1.54) is 0 Å². The molecule has 1 atom stereocenters. The number of ether oxygens (including phenoxy) is 1. The molecular formula is C16H13ClO2. The first-order valence-electron chi connectivity index (χ1n) is 6.04. The molecule has 3 aromatic rings. The highest BCUT2D eigenvalue weighted by molar-refractivity contribution is 6.23. The summed E-state index contributed by atoms with van der Waals surface area (Å²) in [6.45, 7) is 0. The van der Waals surface area contributed by atoms with E-state index in [-0.39, 0.29) is 5.38 Å². The van der Waals surface area contributed by atoms with Crippen molar-refractivity contribution in [3.8, 4) is 5.75 Å². The van der Waals surface area contributed by atoms with Gasteiger partial charge in [-0.3, -0.25) is 0 Å². The zero-order valence-corrected chi connectivity index (χ0v) is 11.2. The van der Waals surface area contributed by atoms with Gasteiger partial charge in [-0.25, -0.2) is 0 Å². The summed E-state index contributed by atoms with van der Waals surface area (Å²) >= 11 is 6.51. The van der Waals surface area contributed by atoms with E-state index in [1.807, 2.05) is 48.5 Å². The highest BCUT2D eigenvalue weighted by Crippen LogP contribution is 2.37. The van der Waals surface area contributed by atoms with E-state index in [2.05, 4.69) is 0 Å². The average Bonchev–Trinajstić information content (AvgIpc) is 2.99. The normalized spacial score (nSPS) is 12.5. The second-order valence-corrected chi connectivity index (χ2v) is 4.72. The third-order valence-corrected chi connectivity index (χ3v) is 3.65. The lowest BCUT2D eigenvalue weighted by Crippen LogP contribution is -1.94. The quantitative estimate of drug-likeness (QED) is 0.641. The molecule has 0 saturated heterocycles. The largest absolute Gasteiger partial charge is 0.496 e. The van der Waals surface area contributed by atoms with Gasteiger partial charge in [0.05, 0.1) is 13.4 Å². The van der Waals surface area contributed by atoms with Crippen molar-refractivity contribution in [2.45, 2.75) is 5.38 Å². The molecule has 1 heterocycles. The predicted octanol–water partition coefficient (Wildman–Crippen LogP) is 4.77. The Balaban J connectivity index is 2.20. The molecule has 1 unspecified atom stereocenters. The first-order chi connectivity index (χ1) is 9.31. The van der Waals surface area contributed by atoms with Crippen LogP contribution in [-0.2, 0) is 0 Å². The Morgan fingerprint density at radius 1 is 1.00 bits per heavy atom. The van der Waals surface area contributed by atoms with Crippen LogP contribution in [0.15, 0.2) is 59.2 Å². The molecule has 2 aromatic carbocycles. The summed E-state index contributed by atoms with van der Waals surface area (Å²) < 4.78 is 10.8. The first kappa shape index (κ1) is 12.1. The van der Waals surface area contributed by atoms with Crippen molar-refractivity contribution in [1.29, 1.82) is 0 Å². The number of hydrogen-bond acceptors (Lipinski definition) is 2. The molecule has 96 valence electrons. The third kappa shape index (κ3) is 2.08. The van der Waals surface area contributed by atoms with Crippen molar-refractivity contribution in [1.82, 2.24) is 0 Å². The Morgan fingerprint density at radius 3 is 2.47 bits per heavy atom. The van der Waals surface area contributed by atoms with E-state index >= 15 is 0 Å². The van der Waals surface area contributed by atoms with Gasteiger partial charge in [0.2, 0.25) is 0 Å². The number of fused-ring (bicyclic) bond motifs is 1. The molecule has 0 aliphatic rings. The fraction of sp³-hybridized carbons (Fsp3) is 0.125. The molecule has 0 saturated carbocycles. The second-order valence-electron chi connectivity index (χ2n) is 4.28. The average molecular weight is 273 g/mol. The minimum atomic E-state index is -0.300. The molecule has 0 aliphatic heterocycles. The van der Waals surface area contributed by atoms with E-state index in [1.54, 1.807) is 13.4 Å². The lowest BCUT2D eigenvalue weighted by Gasteiger charge is -2.13. The van der Waals surface area contributed by atoms with Crippen LogP contribution in [0.3, 0.4) is 0 Å². The molecule has 19 heavy (non-hydrogen) atoms. The smallest absolute Gasteiger partial charge is 0.126 e. The van der Waals surface area contributed by atoms with Gasteiger partial charge in [-0.2, -0.15) is 0 Å². The van der Waals surface area contributed by atoms with Crippen LogP contribution in [0.1, 0.15) is 16.7 Å². The van der Waals surface area contributed by atoms with Gasteiger partial charge in [-0.1, -0.05) is 30.3 Å². The van der Waals surface area contributed by atoms with Crippen LogP contribution in [-0.4, -0.2) is 7.11 Å².